The smallest absolute Gasteiger partial charge is 0.261 e. The number of carbonyl (C=O) groups is 1. The van der Waals surface area contributed by atoms with Gasteiger partial charge in [-0.2, -0.15) is 5.10 Å². The van der Waals surface area contributed by atoms with Gasteiger partial charge in [0.05, 0.1) is 19.0 Å². The van der Waals surface area contributed by atoms with Crippen molar-refractivity contribution in [2.24, 2.45) is 0 Å². The number of methoxy groups -OCH3 is 1. The van der Waals surface area contributed by atoms with E-state index in [1.165, 1.54) is 0 Å². The highest BCUT2D eigenvalue weighted by molar-refractivity contribution is 5.85. The van der Waals surface area contributed by atoms with Crippen molar-refractivity contribution in [3.63, 3.8) is 0 Å². The number of rotatable bonds is 5. The van der Waals surface area contributed by atoms with Crippen LogP contribution in [0, 0.1) is 0 Å². The molecule has 1 N–H and O–H groups in total. The Morgan fingerprint density at radius 2 is 2.11 bits per heavy atom. The van der Waals surface area contributed by atoms with Crippen LogP contribution in [0.4, 0.5) is 4.39 Å². The molecule has 1 unspecified atom stereocenters. The van der Waals surface area contributed by atoms with Crippen molar-refractivity contribution < 1.29 is 13.9 Å². The van der Waals surface area contributed by atoms with Gasteiger partial charge in [-0.1, -0.05) is 12.1 Å². The van der Waals surface area contributed by atoms with Gasteiger partial charge in [0.15, 0.2) is 0 Å². The van der Waals surface area contributed by atoms with Gasteiger partial charge in [0.25, 0.3) is 5.91 Å². The molecule has 2 aliphatic rings. The minimum absolute atomic E-state index is 0.144. The fourth-order valence-electron chi connectivity index (χ4n) is 4.31. The number of benzene rings is 1. The number of hydrogen-bond donors (Lipinski definition) is 1. The lowest BCUT2D eigenvalue weighted by Crippen LogP contribution is -2.54. The number of carbonyl (C=O) groups excluding carboxylic acids is 1. The lowest BCUT2D eigenvalue weighted by Gasteiger charge is -2.38. The maximum atomic E-state index is 15.5. The largest absolute Gasteiger partial charge is 0.497 e. The molecular formula is C21H27FN4O2. The maximum Gasteiger partial charge on any atom is 0.261 e. The minimum atomic E-state index is -1.78. The van der Waals surface area contributed by atoms with Crippen LogP contribution < -0.4 is 4.74 Å². The number of ether oxygens (including phenoxy) is 1. The van der Waals surface area contributed by atoms with E-state index in [4.69, 9.17) is 4.74 Å². The topological polar surface area (TPSA) is 61.5 Å². The zero-order valence-corrected chi connectivity index (χ0v) is 16.3. The molecule has 2 aromatic rings. The van der Waals surface area contributed by atoms with Gasteiger partial charge >= 0.3 is 0 Å². The van der Waals surface area contributed by atoms with E-state index in [1.54, 1.807) is 18.2 Å². The molecule has 1 atom stereocenters. The van der Waals surface area contributed by atoms with Crippen molar-refractivity contribution in [1.82, 2.24) is 20.0 Å². The first-order valence-corrected chi connectivity index (χ1v) is 9.96. The molecule has 0 bridgehead atoms. The normalized spacial score (nSPS) is 23.1. The number of aromatic amines is 1. The molecule has 4 rings (SSSR count). The Hall–Kier alpha value is -2.41. The zero-order chi connectivity index (χ0) is 19.6. The van der Waals surface area contributed by atoms with E-state index in [1.807, 2.05) is 29.2 Å². The molecule has 1 aromatic heterocycles. The van der Waals surface area contributed by atoms with Crippen molar-refractivity contribution in [2.45, 2.75) is 37.9 Å². The average molecular weight is 386 g/mol. The maximum absolute atomic E-state index is 15.5. The molecule has 7 heteroatoms. The second kappa shape index (κ2) is 7.91. The molecule has 0 spiro atoms. The number of aromatic nitrogens is 2. The molecule has 150 valence electrons. The summed E-state index contributed by atoms with van der Waals surface area (Å²) in [5, 5.41) is 7.24. The Morgan fingerprint density at radius 1 is 1.29 bits per heavy atom. The van der Waals surface area contributed by atoms with E-state index in [0.717, 1.165) is 42.0 Å². The van der Waals surface area contributed by atoms with Crippen LogP contribution in [0.1, 0.15) is 31.2 Å². The predicted octanol–water partition coefficient (Wildman–Crippen LogP) is 3.01. The van der Waals surface area contributed by atoms with Gasteiger partial charge in [0, 0.05) is 37.3 Å². The van der Waals surface area contributed by atoms with Crippen molar-refractivity contribution in [3.05, 3.63) is 36.0 Å². The Balaban J connectivity index is 1.49. The summed E-state index contributed by atoms with van der Waals surface area (Å²) in [7, 11) is 1.64. The van der Waals surface area contributed by atoms with E-state index in [0.29, 0.717) is 32.5 Å². The minimum Gasteiger partial charge on any atom is -0.497 e. The lowest BCUT2D eigenvalue weighted by molar-refractivity contribution is -0.147. The van der Waals surface area contributed by atoms with Crippen LogP contribution in [0.25, 0.3) is 11.3 Å². The SMILES string of the molecule is COc1cccc(-c2[nH]ncc2CN2CCCC(F)(C(=O)N3CCCC3)C2)c1. The van der Waals surface area contributed by atoms with Crippen LogP contribution >= 0.6 is 0 Å². The molecule has 2 fully saturated rings. The number of piperidine rings is 1. The molecule has 6 nitrogen and oxygen atoms in total. The van der Waals surface area contributed by atoms with Crippen molar-refractivity contribution >= 4 is 5.91 Å². The van der Waals surface area contributed by atoms with Crippen LogP contribution in [-0.4, -0.2) is 64.9 Å². The van der Waals surface area contributed by atoms with E-state index in [2.05, 4.69) is 10.2 Å². The van der Waals surface area contributed by atoms with Crippen LogP contribution in [-0.2, 0) is 11.3 Å². The molecule has 0 saturated carbocycles. The predicted molar refractivity (Wildman–Crippen MR) is 105 cm³/mol. The third-order valence-corrected chi connectivity index (χ3v) is 5.77. The fourth-order valence-corrected chi connectivity index (χ4v) is 4.31. The van der Waals surface area contributed by atoms with Crippen molar-refractivity contribution in [2.75, 3.05) is 33.3 Å². The molecule has 0 aliphatic carbocycles. The van der Waals surface area contributed by atoms with E-state index >= 15 is 4.39 Å². The van der Waals surface area contributed by atoms with E-state index in [9.17, 15) is 4.79 Å². The highest BCUT2D eigenvalue weighted by Crippen LogP contribution is 2.31. The van der Waals surface area contributed by atoms with Gasteiger partial charge in [0.1, 0.15) is 5.75 Å². The first-order chi connectivity index (χ1) is 13.6. The third-order valence-electron chi connectivity index (χ3n) is 5.77. The fraction of sp³-hybridized carbons (Fsp3) is 0.524. The number of halogens is 1. The van der Waals surface area contributed by atoms with Gasteiger partial charge in [-0.25, -0.2) is 4.39 Å². The Bertz CT molecular complexity index is 833. The third kappa shape index (κ3) is 3.76. The van der Waals surface area contributed by atoms with E-state index in [-0.39, 0.29) is 12.5 Å². The summed E-state index contributed by atoms with van der Waals surface area (Å²) in [6.45, 7) is 2.85. The first kappa shape index (κ1) is 18.9. The first-order valence-electron chi connectivity index (χ1n) is 9.96. The number of likely N-dealkylation sites (tertiary alicyclic amines) is 2. The van der Waals surface area contributed by atoms with E-state index < -0.39 is 5.67 Å². The van der Waals surface area contributed by atoms with Gasteiger partial charge in [-0.3, -0.25) is 14.8 Å². The quantitative estimate of drug-likeness (QED) is 0.858. The lowest BCUT2D eigenvalue weighted by atomic mass is 9.92. The molecule has 28 heavy (non-hydrogen) atoms. The van der Waals surface area contributed by atoms with Crippen LogP contribution in [0.2, 0.25) is 0 Å². The van der Waals surface area contributed by atoms with Crippen LogP contribution in [0.5, 0.6) is 5.75 Å². The standard InChI is InChI=1S/C21H27FN4O2/c1-28-18-7-4-6-16(12-18)19-17(13-23-24-19)14-25-9-5-8-21(22,15-25)20(27)26-10-2-3-11-26/h4,6-7,12-13H,2-3,5,8-11,14-15H2,1H3,(H,23,24). The number of amides is 1. The number of H-pyrrole nitrogens is 1. The molecule has 0 radical (unpaired) electrons. The summed E-state index contributed by atoms with van der Waals surface area (Å²) >= 11 is 0. The number of nitrogens with one attached hydrogen (secondary N) is 1. The highest BCUT2D eigenvalue weighted by Gasteiger charge is 2.45. The van der Waals surface area contributed by atoms with Gasteiger partial charge < -0.3 is 9.64 Å². The zero-order valence-electron chi connectivity index (χ0n) is 16.3. The monoisotopic (exact) mass is 386 g/mol. The second-order valence-corrected chi connectivity index (χ2v) is 7.78. The Kier molecular flexibility index (Phi) is 5.35. The summed E-state index contributed by atoms with van der Waals surface area (Å²) in [4.78, 5) is 16.5. The molecular weight excluding hydrogens is 359 g/mol. The Labute approximate surface area is 164 Å². The second-order valence-electron chi connectivity index (χ2n) is 7.78. The van der Waals surface area contributed by atoms with Crippen LogP contribution in [0.3, 0.4) is 0 Å². The number of hydrogen-bond acceptors (Lipinski definition) is 4. The molecule has 2 saturated heterocycles. The molecule has 1 amide bonds. The van der Waals surface area contributed by atoms with Gasteiger partial charge in [-0.15, -0.1) is 0 Å². The van der Waals surface area contributed by atoms with Gasteiger partial charge in [0.2, 0.25) is 5.67 Å². The molecule has 2 aliphatic heterocycles. The van der Waals surface area contributed by atoms with Crippen molar-refractivity contribution in [1.29, 1.82) is 0 Å². The highest BCUT2D eigenvalue weighted by atomic mass is 19.1. The summed E-state index contributed by atoms with van der Waals surface area (Å²) in [5.74, 6) is 0.449. The number of alkyl halides is 1. The van der Waals surface area contributed by atoms with Gasteiger partial charge in [-0.05, 0) is 44.4 Å². The summed E-state index contributed by atoms with van der Waals surface area (Å²) in [6.07, 6.45) is 4.73. The van der Waals surface area contributed by atoms with Crippen LogP contribution in [0.15, 0.2) is 30.5 Å². The van der Waals surface area contributed by atoms with Crippen molar-refractivity contribution in [3.8, 4) is 17.0 Å². The molecule has 3 heterocycles. The summed E-state index contributed by atoms with van der Waals surface area (Å²) in [6, 6.07) is 7.77. The average Bonchev–Trinajstić information content (AvgIpc) is 3.39. The summed E-state index contributed by atoms with van der Waals surface area (Å²) in [5.41, 5.74) is 1.09. The summed E-state index contributed by atoms with van der Waals surface area (Å²) < 4.78 is 20.9. The Morgan fingerprint density at radius 3 is 2.89 bits per heavy atom. The molecule has 1 aromatic carbocycles. The number of nitrogens with zero attached hydrogens (tertiary/aromatic N) is 3.